The van der Waals surface area contributed by atoms with Gasteiger partial charge in [-0.05, 0) is 36.4 Å². The Kier molecular flexibility index (Phi) is 5.73. The monoisotopic (exact) mass is 435 g/mol. The number of methoxy groups -OCH3 is 2. The quantitative estimate of drug-likeness (QED) is 0.416. The zero-order valence-electron chi connectivity index (χ0n) is 17.4. The van der Waals surface area contributed by atoms with Gasteiger partial charge in [-0.2, -0.15) is 0 Å². The Morgan fingerprint density at radius 2 is 1.59 bits per heavy atom. The number of hydrogen-bond donors (Lipinski definition) is 0. The summed E-state index contributed by atoms with van der Waals surface area (Å²) in [4.78, 5) is 26.4. The lowest BCUT2D eigenvalue weighted by molar-refractivity contribution is 0.103. The Hall–Kier alpha value is -4.00. The van der Waals surface area contributed by atoms with Crippen molar-refractivity contribution in [2.24, 2.45) is 0 Å². The van der Waals surface area contributed by atoms with Crippen molar-refractivity contribution in [2.75, 3.05) is 14.2 Å². The van der Waals surface area contributed by atoms with Crippen molar-refractivity contribution in [1.29, 1.82) is 0 Å². The predicted molar refractivity (Wildman–Crippen MR) is 117 cm³/mol. The van der Waals surface area contributed by atoms with Gasteiger partial charge in [0.2, 0.25) is 5.43 Å². The minimum atomic E-state index is -0.561. The number of ketones is 1. The second-order valence-electron chi connectivity index (χ2n) is 7.15. The van der Waals surface area contributed by atoms with Crippen molar-refractivity contribution in [3.8, 4) is 11.5 Å². The van der Waals surface area contributed by atoms with Gasteiger partial charge in [0.15, 0.2) is 17.3 Å². The minimum Gasteiger partial charge on any atom is -0.493 e. The molecule has 0 atom stereocenters. The van der Waals surface area contributed by atoms with Crippen molar-refractivity contribution in [3.63, 3.8) is 0 Å². The highest BCUT2D eigenvalue weighted by Gasteiger charge is 2.20. The number of fused-ring (bicyclic) bond motifs is 1. The van der Waals surface area contributed by atoms with Crippen LogP contribution >= 0.6 is 0 Å². The molecule has 0 aliphatic rings. The number of aromatic nitrogens is 1. The highest BCUT2D eigenvalue weighted by Crippen LogP contribution is 2.31. The van der Waals surface area contributed by atoms with E-state index in [0.29, 0.717) is 22.6 Å². The molecule has 7 heteroatoms. The first-order valence-electron chi connectivity index (χ1n) is 9.75. The van der Waals surface area contributed by atoms with Crippen molar-refractivity contribution in [1.82, 2.24) is 4.57 Å². The van der Waals surface area contributed by atoms with E-state index >= 15 is 0 Å². The first-order chi connectivity index (χ1) is 15.4. The van der Waals surface area contributed by atoms with Crippen LogP contribution in [0.2, 0.25) is 0 Å². The molecule has 0 saturated carbocycles. The maximum Gasteiger partial charge on any atom is 0.200 e. The second-order valence-corrected chi connectivity index (χ2v) is 7.15. The average molecular weight is 435 g/mol. The molecule has 0 N–H and O–H groups in total. The molecule has 1 heterocycles. The number of hydrogen-bond acceptors (Lipinski definition) is 4. The van der Waals surface area contributed by atoms with Crippen molar-refractivity contribution in [2.45, 2.75) is 6.54 Å². The highest BCUT2D eigenvalue weighted by atomic mass is 19.1. The summed E-state index contributed by atoms with van der Waals surface area (Å²) in [5.74, 6) is -0.755. The topological polar surface area (TPSA) is 57.5 Å². The van der Waals surface area contributed by atoms with Gasteiger partial charge in [-0.3, -0.25) is 9.59 Å². The van der Waals surface area contributed by atoms with E-state index in [0.717, 1.165) is 12.1 Å². The summed E-state index contributed by atoms with van der Waals surface area (Å²) in [6.07, 6.45) is 1.40. The molecule has 4 rings (SSSR count). The molecule has 4 aromatic rings. The fraction of sp³-hybridized carbons (Fsp3) is 0.120. The van der Waals surface area contributed by atoms with Crippen LogP contribution < -0.4 is 14.9 Å². The third-order valence-corrected chi connectivity index (χ3v) is 5.24. The Morgan fingerprint density at radius 1 is 0.938 bits per heavy atom. The van der Waals surface area contributed by atoms with E-state index in [1.54, 1.807) is 28.8 Å². The number of carbonyl (C=O) groups excluding carboxylic acids is 1. The molecule has 0 spiro atoms. The third-order valence-electron chi connectivity index (χ3n) is 5.24. The molecule has 0 unspecified atom stereocenters. The smallest absolute Gasteiger partial charge is 0.200 e. The SMILES string of the molecule is COc1cc2c(=O)c(C(=O)c3ccc(F)cc3)cn(Cc3ccccc3F)c2cc1OC. The van der Waals surface area contributed by atoms with Gasteiger partial charge in [0, 0.05) is 23.4 Å². The van der Waals surface area contributed by atoms with Crippen molar-refractivity contribution < 1.29 is 23.0 Å². The summed E-state index contributed by atoms with van der Waals surface area (Å²) in [7, 11) is 2.91. The number of halogens is 2. The lowest BCUT2D eigenvalue weighted by Gasteiger charge is -2.16. The molecule has 0 saturated heterocycles. The lowest BCUT2D eigenvalue weighted by Crippen LogP contribution is -2.20. The zero-order chi connectivity index (χ0) is 22.8. The maximum atomic E-state index is 14.4. The first kappa shape index (κ1) is 21.2. The van der Waals surface area contributed by atoms with Gasteiger partial charge in [0.1, 0.15) is 11.6 Å². The molecule has 32 heavy (non-hydrogen) atoms. The first-order valence-corrected chi connectivity index (χ1v) is 9.75. The number of benzene rings is 3. The van der Waals surface area contributed by atoms with Gasteiger partial charge in [-0.1, -0.05) is 18.2 Å². The standard InChI is InChI=1S/C25H19F2NO4/c1-31-22-11-18-21(12-23(22)32-2)28(13-16-5-3-4-6-20(16)27)14-19(25(18)30)24(29)15-7-9-17(26)10-8-15/h3-12,14H,13H2,1-2H3. The normalized spacial score (nSPS) is 10.9. The van der Waals surface area contributed by atoms with Crippen molar-refractivity contribution in [3.05, 3.63) is 105 Å². The van der Waals surface area contributed by atoms with Gasteiger partial charge in [0.25, 0.3) is 0 Å². The Balaban J connectivity index is 1.97. The molecule has 0 aliphatic carbocycles. The molecule has 0 aliphatic heterocycles. The van der Waals surface area contributed by atoms with Crippen LogP contribution in [0.15, 0.2) is 71.7 Å². The molecule has 162 valence electrons. The number of rotatable bonds is 6. The second kappa shape index (κ2) is 8.63. The zero-order valence-corrected chi connectivity index (χ0v) is 17.4. The van der Waals surface area contributed by atoms with Crippen molar-refractivity contribution >= 4 is 16.7 Å². The van der Waals surface area contributed by atoms with Gasteiger partial charge in [0.05, 0.1) is 37.2 Å². The van der Waals surface area contributed by atoms with Crippen LogP contribution in [-0.2, 0) is 6.54 Å². The van der Waals surface area contributed by atoms with E-state index in [1.165, 1.54) is 44.7 Å². The number of carbonyl (C=O) groups is 1. The Labute approximate surface area is 182 Å². The van der Waals surface area contributed by atoms with Crippen LogP contribution in [-0.4, -0.2) is 24.6 Å². The number of nitrogens with zero attached hydrogens (tertiary/aromatic N) is 1. The summed E-state index contributed by atoms with van der Waals surface area (Å²) >= 11 is 0. The maximum absolute atomic E-state index is 14.4. The largest absolute Gasteiger partial charge is 0.493 e. The summed E-state index contributed by atoms with van der Waals surface area (Å²) in [5.41, 5.74) is 0.368. The fourth-order valence-corrected chi connectivity index (χ4v) is 3.58. The molecule has 5 nitrogen and oxygen atoms in total. The van der Waals surface area contributed by atoms with Crippen LogP contribution in [0.25, 0.3) is 10.9 Å². The van der Waals surface area contributed by atoms with Crippen LogP contribution in [0, 0.1) is 11.6 Å². The Bertz CT molecular complexity index is 1380. The van der Waals surface area contributed by atoms with E-state index in [-0.39, 0.29) is 23.1 Å². The van der Waals surface area contributed by atoms with E-state index in [1.807, 2.05) is 0 Å². The van der Waals surface area contributed by atoms with E-state index in [9.17, 15) is 18.4 Å². The van der Waals surface area contributed by atoms with E-state index in [4.69, 9.17) is 9.47 Å². The van der Waals surface area contributed by atoms with Gasteiger partial charge < -0.3 is 14.0 Å². The molecule has 0 amide bonds. The van der Waals surface area contributed by atoms with Crippen LogP contribution in [0.1, 0.15) is 21.5 Å². The van der Waals surface area contributed by atoms with Gasteiger partial charge in [-0.15, -0.1) is 0 Å². The number of pyridine rings is 1. The van der Waals surface area contributed by atoms with Gasteiger partial charge >= 0.3 is 0 Å². The molecule has 0 fully saturated rings. The lowest BCUT2D eigenvalue weighted by atomic mass is 10.0. The fourth-order valence-electron chi connectivity index (χ4n) is 3.58. The van der Waals surface area contributed by atoms with E-state index < -0.39 is 22.8 Å². The van der Waals surface area contributed by atoms with E-state index in [2.05, 4.69) is 0 Å². The summed E-state index contributed by atoms with van der Waals surface area (Å²) < 4.78 is 39.9. The molecular weight excluding hydrogens is 416 g/mol. The van der Waals surface area contributed by atoms with Crippen LogP contribution in [0.4, 0.5) is 8.78 Å². The van der Waals surface area contributed by atoms with Crippen LogP contribution in [0.5, 0.6) is 11.5 Å². The minimum absolute atomic E-state index is 0.0721. The summed E-state index contributed by atoms with van der Waals surface area (Å²) in [6, 6.07) is 14.3. The van der Waals surface area contributed by atoms with Gasteiger partial charge in [-0.25, -0.2) is 8.78 Å². The average Bonchev–Trinajstić information content (AvgIpc) is 2.81. The summed E-state index contributed by atoms with van der Waals surface area (Å²) in [6.45, 7) is 0.0721. The third kappa shape index (κ3) is 3.85. The predicted octanol–water partition coefficient (Wildman–Crippen LogP) is 4.58. The van der Waals surface area contributed by atoms with Crippen LogP contribution in [0.3, 0.4) is 0 Å². The molecule has 0 radical (unpaired) electrons. The Morgan fingerprint density at radius 3 is 2.25 bits per heavy atom. The molecule has 1 aromatic heterocycles. The summed E-state index contributed by atoms with van der Waals surface area (Å²) in [5, 5.41) is 0.215. The highest BCUT2D eigenvalue weighted by molar-refractivity contribution is 6.10. The molecule has 3 aromatic carbocycles. The number of ether oxygens (including phenoxy) is 2. The molecular formula is C25H19F2NO4. The molecule has 0 bridgehead atoms.